The van der Waals surface area contributed by atoms with Gasteiger partial charge in [0.05, 0.1) is 22.4 Å². The number of hydrogen-bond acceptors (Lipinski definition) is 5. The second-order valence-corrected chi connectivity index (χ2v) is 9.62. The summed E-state index contributed by atoms with van der Waals surface area (Å²) in [7, 11) is -4.41. The zero-order chi connectivity index (χ0) is 23.3. The van der Waals surface area contributed by atoms with Crippen molar-refractivity contribution in [3.63, 3.8) is 0 Å². The van der Waals surface area contributed by atoms with E-state index in [4.69, 9.17) is 11.6 Å². The molecule has 0 unspecified atom stereocenters. The second kappa shape index (κ2) is 7.98. The highest BCUT2D eigenvalue weighted by molar-refractivity contribution is 9.10. The first-order valence-corrected chi connectivity index (χ1v) is 11.3. The fourth-order valence-corrected chi connectivity index (χ4v) is 5.82. The van der Waals surface area contributed by atoms with E-state index in [1.807, 2.05) is 0 Å². The topological polar surface area (TPSA) is 81.4 Å². The molecule has 0 aliphatic carbocycles. The summed E-state index contributed by atoms with van der Waals surface area (Å²) < 4.78 is 69.8. The van der Waals surface area contributed by atoms with Crippen LogP contribution in [-0.4, -0.2) is 28.8 Å². The van der Waals surface area contributed by atoms with Crippen LogP contribution in [0.1, 0.15) is 0 Å². The minimum atomic E-state index is -4.86. The minimum absolute atomic E-state index is 0.141. The van der Waals surface area contributed by atoms with Gasteiger partial charge in [-0.05, 0) is 54.1 Å². The van der Waals surface area contributed by atoms with Crippen LogP contribution in [0.5, 0.6) is 11.5 Å². The van der Waals surface area contributed by atoms with Crippen LogP contribution < -0.4 is 4.74 Å². The number of nitrogens with zero attached hydrogens (tertiary/aromatic N) is 2. The molecular formula is C20H11BrClF3N2O4S. The number of phenolic OH excluding ortho intramolecular Hbond substituents is 1. The van der Waals surface area contributed by atoms with Crippen molar-refractivity contribution in [3.8, 4) is 22.8 Å². The molecule has 0 aliphatic heterocycles. The molecular weight excluding hydrogens is 537 g/mol. The Balaban J connectivity index is 1.94. The van der Waals surface area contributed by atoms with Crippen molar-refractivity contribution in [2.75, 3.05) is 0 Å². The van der Waals surface area contributed by atoms with Gasteiger partial charge in [-0.15, -0.1) is 13.2 Å². The summed E-state index contributed by atoms with van der Waals surface area (Å²) in [5.41, 5.74) is 0.635. The van der Waals surface area contributed by atoms with Crippen LogP contribution in [0.2, 0.25) is 5.02 Å². The van der Waals surface area contributed by atoms with Crippen molar-refractivity contribution >= 4 is 48.5 Å². The van der Waals surface area contributed by atoms with E-state index in [1.165, 1.54) is 36.7 Å². The van der Waals surface area contributed by atoms with Crippen LogP contribution in [0.3, 0.4) is 0 Å². The highest BCUT2D eigenvalue weighted by Crippen LogP contribution is 2.39. The number of alkyl halides is 3. The maximum absolute atomic E-state index is 13.6. The molecule has 32 heavy (non-hydrogen) atoms. The molecule has 0 spiro atoms. The van der Waals surface area contributed by atoms with Crippen molar-refractivity contribution in [1.29, 1.82) is 0 Å². The molecule has 12 heteroatoms. The van der Waals surface area contributed by atoms with Crippen molar-refractivity contribution < 1.29 is 31.4 Å². The Morgan fingerprint density at radius 3 is 2.44 bits per heavy atom. The maximum atomic E-state index is 13.6. The number of phenols is 1. The SMILES string of the molecule is O=S(=O)(c1cc(Br)cc(Cl)c1O)n1c(-c2ccc(OC(F)(F)F)cc2)cc2ccncc21. The van der Waals surface area contributed by atoms with E-state index >= 15 is 0 Å². The van der Waals surface area contributed by atoms with Gasteiger partial charge < -0.3 is 9.84 Å². The lowest BCUT2D eigenvalue weighted by atomic mass is 10.1. The molecule has 4 rings (SSSR count). The van der Waals surface area contributed by atoms with Gasteiger partial charge in [0.15, 0.2) is 5.75 Å². The summed E-state index contributed by atoms with van der Waals surface area (Å²) in [5.74, 6) is -1.09. The molecule has 2 aromatic heterocycles. The third-order valence-corrected chi connectivity index (χ3v) is 6.94. The summed E-state index contributed by atoms with van der Waals surface area (Å²) in [4.78, 5) is 3.51. The van der Waals surface area contributed by atoms with E-state index in [-0.39, 0.29) is 16.2 Å². The van der Waals surface area contributed by atoms with Crippen molar-refractivity contribution in [2.45, 2.75) is 11.3 Å². The summed E-state index contributed by atoms with van der Waals surface area (Å²) in [6, 6.07) is 10.4. The Hall–Kier alpha value is -2.76. The Morgan fingerprint density at radius 1 is 1.09 bits per heavy atom. The molecule has 0 fully saturated rings. The second-order valence-electron chi connectivity index (χ2n) is 6.54. The number of aromatic nitrogens is 2. The van der Waals surface area contributed by atoms with Gasteiger partial charge in [0.2, 0.25) is 0 Å². The first-order valence-electron chi connectivity index (χ1n) is 8.72. The highest BCUT2D eigenvalue weighted by atomic mass is 79.9. The summed E-state index contributed by atoms with van der Waals surface area (Å²) >= 11 is 9.12. The Morgan fingerprint density at radius 2 is 1.78 bits per heavy atom. The van der Waals surface area contributed by atoms with E-state index < -0.39 is 32.8 Å². The van der Waals surface area contributed by atoms with Crippen molar-refractivity contribution in [1.82, 2.24) is 8.96 Å². The van der Waals surface area contributed by atoms with Gasteiger partial charge in [-0.3, -0.25) is 4.98 Å². The summed E-state index contributed by atoms with van der Waals surface area (Å²) in [5, 5.41) is 10.7. The van der Waals surface area contributed by atoms with E-state index in [0.29, 0.717) is 15.4 Å². The number of rotatable bonds is 4. The fourth-order valence-electron chi connectivity index (χ4n) is 3.15. The monoisotopic (exact) mass is 546 g/mol. The number of ether oxygens (including phenoxy) is 1. The first kappa shape index (κ1) is 22.4. The van der Waals surface area contributed by atoms with E-state index in [1.54, 1.807) is 12.1 Å². The Kier molecular flexibility index (Phi) is 5.60. The van der Waals surface area contributed by atoms with Crippen LogP contribution in [0, 0.1) is 0 Å². The molecule has 2 aromatic carbocycles. The van der Waals surface area contributed by atoms with Crippen molar-refractivity contribution in [3.05, 3.63) is 70.4 Å². The lowest BCUT2D eigenvalue weighted by Crippen LogP contribution is -2.17. The van der Waals surface area contributed by atoms with Crippen LogP contribution >= 0.6 is 27.5 Å². The Labute approximate surface area is 193 Å². The van der Waals surface area contributed by atoms with Crippen LogP contribution in [0.25, 0.3) is 22.2 Å². The molecule has 0 atom stereocenters. The molecule has 0 aliphatic rings. The molecule has 2 heterocycles. The number of halogens is 5. The van der Waals surface area contributed by atoms with E-state index in [2.05, 4.69) is 25.7 Å². The molecule has 4 aromatic rings. The number of pyridine rings is 1. The normalized spacial score (nSPS) is 12.3. The lowest BCUT2D eigenvalue weighted by molar-refractivity contribution is -0.274. The average Bonchev–Trinajstić information content (AvgIpc) is 3.10. The number of benzene rings is 2. The van der Waals surface area contributed by atoms with Gasteiger partial charge in [0.1, 0.15) is 10.6 Å². The lowest BCUT2D eigenvalue weighted by Gasteiger charge is -2.15. The van der Waals surface area contributed by atoms with Crippen molar-refractivity contribution in [2.24, 2.45) is 0 Å². The van der Waals surface area contributed by atoms with Gasteiger partial charge in [-0.25, -0.2) is 12.4 Å². The minimum Gasteiger partial charge on any atom is -0.505 e. The van der Waals surface area contributed by atoms with Gasteiger partial charge in [-0.2, -0.15) is 0 Å². The first-order chi connectivity index (χ1) is 15.0. The molecule has 0 amide bonds. The summed E-state index contributed by atoms with van der Waals surface area (Å²) in [6.07, 6.45) is -2.06. The predicted molar refractivity (Wildman–Crippen MR) is 115 cm³/mol. The zero-order valence-electron chi connectivity index (χ0n) is 15.6. The quantitative estimate of drug-likeness (QED) is 0.341. The smallest absolute Gasteiger partial charge is 0.505 e. The van der Waals surface area contributed by atoms with Gasteiger partial charge in [0, 0.05) is 16.1 Å². The third kappa shape index (κ3) is 4.15. The van der Waals surface area contributed by atoms with Crippen LogP contribution in [-0.2, 0) is 10.0 Å². The number of aromatic hydroxyl groups is 1. The standard InChI is InChI=1S/C20H11BrClF3N2O4S/c21-13-8-15(22)19(28)18(9-13)32(29,30)27-16(7-12-5-6-26-10-17(12)27)11-1-3-14(4-2-11)31-20(23,24)25/h1-10,28H. The molecule has 166 valence electrons. The van der Waals surface area contributed by atoms with Gasteiger partial charge in [0.25, 0.3) is 10.0 Å². The zero-order valence-corrected chi connectivity index (χ0v) is 18.8. The molecule has 0 saturated heterocycles. The maximum Gasteiger partial charge on any atom is 0.573 e. The van der Waals surface area contributed by atoms with Crippen LogP contribution in [0.4, 0.5) is 13.2 Å². The van der Waals surface area contributed by atoms with E-state index in [0.717, 1.165) is 16.1 Å². The molecule has 1 N–H and O–H groups in total. The largest absolute Gasteiger partial charge is 0.573 e. The summed E-state index contributed by atoms with van der Waals surface area (Å²) in [6.45, 7) is 0. The van der Waals surface area contributed by atoms with Gasteiger partial charge in [-0.1, -0.05) is 27.5 Å². The van der Waals surface area contributed by atoms with E-state index in [9.17, 15) is 26.7 Å². The third-order valence-electron chi connectivity index (χ3n) is 4.46. The molecule has 6 nitrogen and oxygen atoms in total. The van der Waals surface area contributed by atoms with Crippen LogP contribution in [0.15, 0.2) is 70.3 Å². The van der Waals surface area contributed by atoms with Gasteiger partial charge >= 0.3 is 6.36 Å². The number of fused-ring (bicyclic) bond motifs is 1. The highest BCUT2D eigenvalue weighted by Gasteiger charge is 2.31. The predicted octanol–water partition coefficient (Wildman–Crippen LogP) is 5.96. The molecule has 0 radical (unpaired) electrons. The Bertz CT molecular complexity index is 1440. The number of hydrogen-bond donors (Lipinski definition) is 1. The fraction of sp³-hybridized carbons (Fsp3) is 0.0500. The molecule has 0 bridgehead atoms. The average molecular weight is 548 g/mol. The molecule has 0 saturated carbocycles.